The van der Waals surface area contributed by atoms with Gasteiger partial charge in [-0.1, -0.05) is 0 Å². The molecule has 3 rings (SSSR count). The molecule has 1 saturated heterocycles. The SMILES string of the molecule is CC1CNCCN1C(=O)c1ccc(-n2ccnc2)c([N+](=O)[O-])c1. The van der Waals surface area contributed by atoms with E-state index in [1.807, 2.05) is 6.92 Å². The molecule has 8 nitrogen and oxygen atoms in total. The number of amides is 1. The van der Waals surface area contributed by atoms with Crippen LogP contribution < -0.4 is 5.32 Å². The highest BCUT2D eigenvalue weighted by atomic mass is 16.6. The van der Waals surface area contributed by atoms with E-state index >= 15 is 0 Å². The molecule has 0 aliphatic carbocycles. The summed E-state index contributed by atoms with van der Waals surface area (Å²) in [5.41, 5.74) is 0.600. The number of carbonyl (C=O) groups is 1. The average Bonchev–Trinajstić information content (AvgIpc) is 3.08. The van der Waals surface area contributed by atoms with Gasteiger partial charge in [0.15, 0.2) is 0 Å². The third-order valence-corrected chi connectivity index (χ3v) is 3.96. The number of aromatic nitrogens is 2. The zero-order valence-corrected chi connectivity index (χ0v) is 12.7. The van der Waals surface area contributed by atoms with Crippen molar-refractivity contribution in [3.05, 3.63) is 52.6 Å². The molecule has 23 heavy (non-hydrogen) atoms. The van der Waals surface area contributed by atoms with Crippen LogP contribution >= 0.6 is 0 Å². The Morgan fingerprint density at radius 2 is 2.30 bits per heavy atom. The van der Waals surface area contributed by atoms with E-state index < -0.39 is 4.92 Å². The molecule has 0 saturated carbocycles. The smallest absolute Gasteiger partial charge is 0.294 e. The van der Waals surface area contributed by atoms with E-state index in [-0.39, 0.29) is 17.6 Å². The van der Waals surface area contributed by atoms with E-state index in [0.717, 1.165) is 13.1 Å². The van der Waals surface area contributed by atoms with Gasteiger partial charge in [0.2, 0.25) is 0 Å². The largest absolute Gasteiger partial charge is 0.333 e. The quantitative estimate of drug-likeness (QED) is 0.679. The first kappa shape index (κ1) is 15.2. The summed E-state index contributed by atoms with van der Waals surface area (Å²) < 4.78 is 1.56. The van der Waals surface area contributed by atoms with Crippen molar-refractivity contribution in [1.29, 1.82) is 0 Å². The number of rotatable bonds is 3. The summed E-state index contributed by atoms with van der Waals surface area (Å²) in [6, 6.07) is 4.61. The normalized spacial score (nSPS) is 18.0. The zero-order chi connectivity index (χ0) is 16.4. The first-order chi connectivity index (χ1) is 11.1. The van der Waals surface area contributed by atoms with Gasteiger partial charge >= 0.3 is 0 Å². The van der Waals surface area contributed by atoms with Crippen LogP contribution in [0.2, 0.25) is 0 Å². The molecular weight excluding hydrogens is 298 g/mol. The Morgan fingerprint density at radius 3 is 2.96 bits per heavy atom. The Labute approximate surface area is 132 Å². The van der Waals surface area contributed by atoms with Gasteiger partial charge in [-0.3, -0.25) is 14.9 Å². The lowest BCUT2D eigenvalue weighted by Gasteiger charge is -2.34. The van der Waals surface area contributed by atoms with Crippen molar-refractivity contribution in [2.75, 3.05) is 19.6 Å². The van der Waals surface area contributed by atoms with Crippen LogP contribution in [0.4, 0.5) is 5.69 Å². The van der Waals surface area contributed by atoms with Crippen molar-refractivity contribution in [2.24, 2.45) is 0 Å². The minimum atomic E-state index is -0.479. The molecule has 1 N–H and O–H groups in total. The average molecular weight is 315 g/mol. The Balaban J connectivity index is 1.96. The van der Waals surface area contributed by atoms with Gasteiger partial charge < -0.3 is 14.8 Å². The highest BCUT2D eigenvalue weighted by Crippen LogP contribution is 2.25. The highest BCUT2D eigenvalue weighted by Gasteiger charge is 2.26. The van der Waals surface area contributed by atoms with Crippen LogP contribution in [-0.2, 0) is 0 Å². The van der Waals surface area contributed by atoms with Crippen LogP contribution in [0.25, 0.3) is 5.69 Å². The molecule has 8 heteroatoms. The Bertz CT molecular complexity index is 729. The van der Waals surface area contributed by atoms with Crippen LogP contribution in [0.1, 0.15) is 17.3 Å². The first-order valence-electron chi connectivity index (χ1n) is 7.36. The summed E-state index contributed by atoms with van der Waals surface area (Å²) in [7, 11) is 0. The van der Waals surface area contributed by atoms with Gasteiger partial charge in [-0.25, -0.2) is 4.98 Å². The molecule has 1 fully saturated rings. The van der Waals surface area contributed by atoms with Gasteiger partial charge in [-0.05, 0) is 19.1 Å². The van der Waals surface area contributed by atoms with E-state index in [9.17, 15) is 14.9 Å². The maximum atomic E-state index is 12.6. The number of nitro groups is 1. The summed E-state index contributed by atoms with van der Waals surface area (Å²) in [6.45, 7) is 4.00. The van der Waals surface area contributed by atoms with Crippen LogP contribution in [-0.4, -0.2) is 51.0 Å². The van der Waals surface area contributed by atoms with Gasteiger partial charge in [0.05, 0.1) is 11.3 Å². The molecule has 0 spiro atoms. The Kier molecular flexibility index (Phi) is 4.07. The van der Waals surface area contributed by atoms with Gasteiger partial charge in [-0.15, -0.1) is 0 Å². The van der Waals surface area contributed by atoms with Crippen molar-refractivity contribution in [2.45, 2.75) is 13.0 Å². The molecule has 1 amide bonds. The van der Waals surface area contributed by atoms with E-state index in [1.54, 1.807) is 34.0 Å². The number of benzene rings is 1. The summed E-state index contributed by atoms with van der Waals surface area (Å²) in [5.74, 6) is -0.181. The minimum Gasteiger partial charge on any atom is -0.333 e. The second kappa shape index (κ2) is 6.17. The molecule has 1 aromatic heterocycles. The number of nitrogens with one attached hydrogen (secondary N) is 1. The van der Waals surface area contributed by atoms with Gasteiger partial charge in [0.25, 0.3) is 11.6 Å². The number of nitrogens with zero attached hydrogens (tertiary/aromatic N) is 4. The lowest BCUT2D eigenvalue weighted by molar-refractivity contribution is -0.384. The van der Waals surface area contributed by atoms with E-state index in [4.69, 9.17) is 0 Å². The van der Waals surface area contributed by atoms with Gasteiger partial charge in [-0.2, -0.15) is 0 Å². The molecule has 1 aliphatic rings. The minimum absolute atomic E-state index is 0.0589. The number of hydrogen-bond donors (Lipinski definition) is 1. The second-order valence-corrected chi connectivity index (χ2v) is 5.48. The van der Waals surface area contributed by atoms with Crippen LogP contribution in [0.5, 0.6) is 0 Å². The third kappa shape index (κ3) is 2.93. The van der Waals surface area contributed by atoms with Crippen molar-refractivity contribution in [1.82, 2.24) is 19.8 Å². The molecular formula is C15H17N5O3. The van der Waals surface area contributed by atoms with E-state index in [1.165, 1.54) is 12.4 Å². The molecule has 1 atom stereocenters. The van der Waals surface area contributed by atoms with Crippen LogP contribution in [0.3, 0.4) is 0 Å². The van der Waals surface area contributed by atoms with Crippen molar-refractivity contribution < 1.29 is 9.72 Å². The number of piperazine rings is 1. The fourth-order valence-electron chi connectivity index (χ4n) is 2.73. The number of carbonyl (C=O) groups excluding carboxylic acids is 1. The molecule has 0 radical (unpaired) electrons. The predicted octanol–water partition coefficient (Wildman–Crippen LogP) is 1.21. The summed E-state index contributed by atoms with van der Waals surface area (Å²) in [4.78, 5) is 29.2. The Hall–Kier alpha value is -2.74. The van der Waals surface area contributed by atoms with E-state index in [2.05, 4.69) is 10.3 Å². The van der Waals surface area contributed by atoms with Crippen molar-refractivity contribution >= 4 is 11.6 Å². The molecule has 1 aliphatic heterocycles. The van der Waals surface area contributed by atoms with Crippen LogP contribution in [0, 0.1) is 10.1 Å². The number of hydrogen-bond acceptors (Lipinski definition) is 5. The summed E-state index contributed by atoms with van der Waals surface area (Å²) in [5, 5.41) is 14.6. The highest BCUT2D eigenvalue weighted by molar-refractivity contribution is 5.95. The molecule has 1 unspecified atom stereocenters. The van der Waals surface area contributed by atoms with E-state index in [0.29, 0.717) is 17.8 Å². The monoisotopic (exact) mass is 315 g/mol. The predicted molar refractivity (Wildman–Crippen MR) is 83.6 cm³/mol. The maximum Gasteiger partial charge on any atom is 0.294 e. The van der Waals surface area contributed by atoms with Crippen molar-refractivity contribution in [3.8, 4) is 5.69 Å². The van der Waals surface area contributed by atoms with Crippen molar-refractivity contribution in [3.63, 3.8) is 0 Å². The lowest BCUT2D eigenvalue weighted by Crippen LogP contribution is -2.52. The molecule has 0 bridgehead atoms. The van der Waals surface area contributed by atoms with Gasteiger partial charge in [0, 0.05) is 49.7 Å². The fraction of sp³-hybridized carbons (Fsp3) is 0.333. The molecule has 1 aromatic carbocycles. The molecule has 2 aromatic rings. The van der Waals surface area contributed by atoms with Crippen LogP contribution in [0.15, 0.2) is 36.9 Å². The third-order valence-electron chi connectivity index (χ3n) is 3.96. The maximum absolute atomic E-state index is 12.6. The zero-order valence-electron chi connectivity index (χ0n) is 12.7. The number of nitro benzene ring substituents is 1. The Morgan fingerprint density at radius 1 is 1.48 bits per heavy atom. The second-order valence-electron chi connectivity index (χ2n) is 5.48. The standard InChI is InChI=1S/C15H17N5O3/c1-11-9-16-5-7-19(11)15(21)12-2-3-13(14(8-12)20(22)23)18-6-4-17-10-18/h2-4,6,8,10-11,16H,5,7,9H2,1H3. The topological polar surface area (TPSA) is 93.3 Å². The summed E-state index contributed by atoms with van der Waals surface area (Å²) >= 11 is 0. The molecule has 2 heterocycles. The van der Waals surface area contributed by atoms with Gasteiger partial charge in [0.1, 0.15) is 5.69 Å². The molecule has 120 valence electrons. The lowest BCUT2D eigenvalue weighted by atomic mass is 10.1. The first-order valence-corrected chi connectivity index (χ1v) is 7.36. The summed E-state index contributed by atoms with van der Waals surface area (Å²) in [6.07, 6.45) is 4.66. The number of imidazole rings is 1. The fourth-order valence-corrected chi connectivity index (χ4v) is 2.73.